The van der Waals surface area contributed by atoms with Crippen LogP contribution in [0, 0.1) is 5.41 Å². The van der Waals surface area contributed by atoms with Crippen LogP contribution in [0.3, 0.4) is 0 Å². The molecule has 0 aliphatic heterocycles. The number of aliphatic hydroxyl groups excluding tert-OH is 2. The van der Waals surface area contributed by atoms with E-state index in [4.69, 9.17) is 0 Å². The summed E-state index contributed by atoms with van der Waals surface area (Å²) in [6.07, 6.45) is 6.34. The lowest BCUT2D eigenvalue weighted by molar-refractivity contribution is -0.226. The van der Waals surface area contributed by atoms with E-state index in [0.717, 1.165) is 0 Å². The van der Waals surface area contributed by atoms with Gasteiger partial charge in [-0.1, -0.05) is 24.3 Å². The first-order chi connectivity index (χ1) is 9.86. The van der Waals surface area contributed by atoms with E-state index in [9.17, 15) is 20.4 Å². The smallest absolute Gasteiger partial charge is 0.0844 e. The van der Waals surface area contributed by atoms with E-state index < -0.39 is 29.8 Å². The second-order valence-electron chi connectivity index (χ2n) is 5.43. The zero-order chi connectivity index (χ0) is 16.6. The SMILES string of the molecule is C=CCC(O)(CC=C)C(CO)(CO)C(O)(CC=C)CC=C. The number of aliphatic hydroxyl groups is 4. The van der Waals surface area contributed by atoms with Crippen LogP contribution in [0.15, 0.2) is 50.6 Å². The Kier molecular flexibility index (Phi) is 7.82. The van der Waals surface area contributed by atoms with Crippen LogP contribution in [-0.2, 0) is 0 Å². The molecular formula is C17H28O4. The molecule has 4 nitrogen and oxygen atoms in total. The van der Waals surface area contributed by atoms with Crippen LogP contribution in [0.2, 0.25) is 0 Å². The maximum absolute atomic E-state index is 11.0. The molecular weight excluding hydrogens is 268 g/mol. The molecule has 0 saturated heterocycles. The highest BCUT2D eigenvalue weighted by molar-refractivity contribution is 5.16. The molecule has 0 fully saturated rings. The zero-order valence-corrected chi connectivity index (χ0v) is 12.7. The Hall–Kier alpha value is -1.20. The molecule has 120 valence electrons. The van der Waals surface area contributed by atoms with Crippen molar-refractivity contribution in [2.45, 2.75) is 36.9 Å². The Morgan fingerprint density at radius 3 is 1.00 bits per heavy atom. The van der Waals surface area contributed by atoms with Crippen molar-refractivity contribution < 1.29 is 20.4 Å². The largest absolute Gasteiger partial charge is 0.395 e. The van der Waals surface area contributed by atoms with Crippen molar-refractivity contribution >= 4 is 0 Å². The highest BCUT2D eigenvalue weighted by atomic mass is 16.3. The average Bonchev–Trinajstić information content (AvgIpc) is 2.41. The highest BCUT2D eigenvalue weighted by Crippen LogP contribution is 2.49. The molecule has 0 radical (unpaired) electrons. The average molecular weight is 296 g/mol. The molecule has 4 N–H and O–H groups in total. The summed E-state index contributed by atoms with van der Waals surface area (Å²) >= 11 is 0. The fourth-order valence-corrected chi connectivity index (χ4v) is 2.98. The first-order valence-electron chi connectivity index (χ1n) is 6.97. The molecule has 0 aliphatic rings. The fraction of sp³-hybridized carbons (Fsp3) is 0.529. The maximum atomic E-state index is 11.0. The van der Waals surface area contributed by atoms with Gasteiger partial charge in [-0.3, -0.25) is 0 Å². The molecule has 0 heterocycles. The van der Waals surface area contributed by atoms with E-state index in [2.05, 4.69) is 26.3 Å². The molecule has 0 aromatic rings. The summed E-state index contributed by atoms with van der Waals surface area (Å²) in [4.78, 5) is 0. The molecule has 0 amide bonds. The summed E-state index contributed by atoms with van der Waals surface area (Å²) in [5, 5.41) is 41.9. The van der Waals surface area contributed by atoms with Gasteiger partial charge in [0.1, 0.15) is 0 Å². The van der Waals surface area contributed by atoms with Crippen LogP contribution in [0.5, 0.6) is 0 Å². The normalized spacial score (nSPS) is 12.8. The second kappa shape index (κ2) is 8.29. The lowest BCUT2D eigenvalue weighted by Gasteiger charge is -2.54. The van der Waals surface area contributed by atoms with Gasteiger partial charge in [0, 0.05) is 0 Å². The molecule has 0 atom stereocenters. The summed E-state index contributed by atoms with van der Waals surface area (Å²) < 4.78 is 0. The summed E-state index contributed by atoms with van der Waals surface area (Å²) in [7, 11) is 0. The molecule has 21 heavy (non-hydrogen) atoms. The van der Waals surface area contributed by atoms with Gasteiger partial charge in [-0.15, -0.1) is 26.3 Å². The quantitative estimate of drug-likeness (QED) is 0.413. The second-order valence-corrected chi connectivity index (χ2v) is 5.43. The summed E-state index contributed by atoms with van der Waals surface area (Å²) in [6, 6.07) is 0. The van der Waals surface area contributed by atoms with Crippen molar-refractivity contribution in [1.29, 1.82) is 0 Å². The van der Waals surface area contributed by atoms with E-state index in [1.807, 2.05) is 0 Å². The Bertz CT molecular complexity index is 317. The molecule has 0 spiro atoms. The third-order valence-electron chi connectivity index (χ3n) is 4.25. The minimum absolute atomic E-state index is 0.0940. The van der Waals surface area contributed by atoms with Crippen LogP contribution in [0.1, 0.15) is 25.7 Å². The Labute approximate surface area is 127 Å². The van der Waals surface area contributed by atoms with Crippen LogP contribution in [0.4, 0.5) is 0 Å². The maximum Gasteiger partial charge on any atom is 0.0844 e. The van der Waals surface area contributed by atoms with Gasteiger partial charge >= 0.3 is 0 Å². The van der Waals surface area contributed by atoms with Gasteiger partial charge in [-0.2, -0.15) is 0 Å². The first-order valence-corrected chi connectivity index (χ1v) is 6.97. The topological polar surface area (TPSA) is 80.9 Å². The third kappa shape index (κ3) is 3.52. The van der Waals surface area contributed by atoms with Crippen molar-refractivity contribution in [3.8, 4) is 0 Å². The fourth-order valence-electron chi connectivity index (χ4n) is 2.98. The van der Waals surface area contributed by atoms with E-state index in [1.165, 1.54) is 24.3 Å². The summed E-state index contributed by atoms with van der Waals surface area (Å²) in [6.45, 7) is 13.2. The minimum Gasteiger partial charge on any atom is -0.395 e. The Morgan fingerprint density at radius 1 is 0.619 bits per heavy atom. The van der Waals surface area contributed by atoms with Crippen molar-refractivity contribution in [3.63, 3.8) is 0 Å². The number of hydrogen-bond donors (Lipinski definition) is 4. The molecule has 0 aliphatic carbocycles. The monoisotopic (exact) mass is 296 g/mol. The van der Waals surface area contributed by atoms with E-state index >= 15 is 0 Å². The van der Waals surface area contributed by atoms with E-state index in [-0.39, 0.29) is 25.7 Å². The molecule has 0 rings (SSSR count). The summed E-state index contributed by atoms with van der Waals surface area (Å²) in [5.41, 5.74) is -4.73. The van der Waals surface area contributed by atoms with Gasteiger partial charge in [0.15, 0.2) is 0 Å². The van der Waals surface area contributed by atoms with Crippen LogP contribution >= 0.6 is 0 Å². The lowest BCUT2D eigenvalue weighted by atomic mass is 9.57. The van der Waals surface area contributed by atoms with E-state index in [1.54, 1.807) is 0 Å². The van der Waals surface area contributed by atoms with Gasteiger partial charge in [0.05, 0.1) is 29.8 Å². The van der Waals surface area contributed by atoms with Crippen molar-refractivity contribution in [1.82, 2.24) is 0 Å². The first kappa shape index (κ1) is 19.8. The van der Waals surface area contributed by atoms with Gasteiger partial charge < -0.3 is 20.4 Å². The predicted molar refractivity (Wildman–Crippen MR) is 85.8 cm³/mol. The Balaban J connectivity index is 6.17. The van der Waals surface area contributed by atoms with Crippen LogP contribution in [0.25, 0.3) is 0 Å². The zero-order valence-electron chi connectivity index (χ0n) is 12.7. The molecule has 4 heteroatoms. The molecule has 0 unspecified atom stereocenters. The Morgan fingerprint density at radius 2 is 0.857 bits per heavy atom. The van der Waals surface area contributed by atoms with Crippen molar-refractivity contribution in [3.05, 3.63) is 50.6 Å². The van der Waals surface area contributed by atoms with Gasteiger partial charge in [-0.05, 0) is 25.7 Å². The molecule has 0 bridgehead atoms. The van der Waals surface area contributed by atoms with Crippen molar-refractivity contribution in [2.75, 3.05) is 13.2 Å². The van der Waals surface area contributed by atoms with Gasteiger partial charge in [0.25, 0.3) is 0 Å². The predicted octanol–water partition coefficient (Wildman–Crippen LogP) is 1.72. The lowest BCUT2D eigenvalue weighted by Crippen LogP contribution is -2.65. The summed E-state index contributed by atoms with van der Waals surface area (Å²) in [5.74, 6) is 0. The molecule has 0 saturated carbocycles. The van der Waals surface area contributed by atoms with Crippen molar-refractivity contribution in [2.24, 2.45) is 5.41 Å². The van der Waals surface area contributed by atoms with Crippen LogP contribution < -0.4 is 0 Å². The highest BCUT2D eigenvalue weighted by Gasteiger charge is 2.59. The minimum atomic E-state index is -1.58. The third-order valence-corrected chi connectivity index (χ3v) is 4.25. The molecule has 0 aromatic heterocycles. The molecule has 0 aromatic carbocycles. The van der Waals surface area contributed by atoms with Gasteiger partial charge in [-0.25, -0.2) is 0 Å². The van der Waals surface area contributed by atoms with Gasteiger partial charge in [0.2, 0.25) is 0 Å². The number of rotatable bonds is 12. The van der Waals surface area contributed by atoms with E-state index in [0.29, 0.717) is 0 Å². The number of hydrogen-bond acceptors (Lipinski definition) is 4. The standard InChI is InChI=1S/C17H28O4/c1-5-9-16(20,10-6-2)15(13-18,14-19)17(21,11-7-3)12-8-4/h5-8,18-21H,1-4,9-14H2. The van der Waals surface area contributed by atoms with Crippen LogP contribution in [-0.4, -0.2) is 44.8 Å².